The van der Waals surface area contributed by atoms with Crippen LogP contribution in [0.3, 0.4) is 0 Å². The van der Waals surface area contributed by atoms with Crippen LogP contribution in [0.4, 0.5) is 11.6 Å². The van der Waals surface area contributed by atoms with Crippen LogP contribution in [-0.4, -0.2) is 68.4 Å². The molecule has 9 heteroatoms. The van der Waals surface area contributed by atoms with Crippen LogP contribution in [0.1, 0.15) is 18.5 Å². The topological polar surface area (TPSA) is 85.1 Å². The molecule has 0 amide bonds. The summed E-state index contributed by atoms with van der Waals surface area (Å²) in [6.07, 6.45) is 7.63. The van der Waals surface area contributed by atoms with E-state index in [1.807, 2.05) is 19.3 Å². The lowest BCUT2D eigenvalue weighted by Gasteiger charge is -2.36. The molecule has 0 spiro atoms. The number of piperazine rings is 1. The molecule has 0 N–H and O–H groups in total. The van der Waals surface area contributed by atoms with Crippen molar-refractivity contribution in [2.45, 2.75) is 32.4 Å². The third-order valence-electron chi connectivity index (χ3n) is 5.50. The van der Waals surface area contributed by atoms with Gasteiger partial charge in [-0.05, 0) is 19.8 Å². The molecule has 3 aromatic heterocycles. The summed E-state index contributed by atoms with van der Waals surface area (Å²) in [7, 11) is 0. The van der Waals surface area contributed by atoms with Crippen molar-refractivity contribution in [2.24, 2.45) is 0 Å². The molecule has 0 saturated carbocycles. The van der Waals surface area contributed by atoms with Crippen molar-refractivity contribution in [1.29, 1.82) is 0 Å². The Morgan fingerprint density at radius 1 is 1.00 bits per heavy atom. The van der Waals surface area contributed by atoms with Gasteiger partial charge in [-0.25, -0.2) is 24.9 Å². The van der Waals surface area contributed by atoms with Gasteiger partial charge in [0, 0.05) is 44.5 Å². The van der Waals surface area contributed by atoms with Gasteiger partial charge in [-0.2, -0.15) is 0 Å². The molecule has 5 heterocycles. The Hall–Kier alpha value is -2.81. The molecule has 0 bridgehead atoms. The van der Waals surface area contributed by atoms with Crippen molar-refractivity contribution in [2.75, 3.05) is 42.6 Å². The number of nitrogens with zero attached hydrogens (tertiary/aromatic N) is 8. The van der Waals surface area contributed by atoms with Crippen LogP contribution >= 0.6 is 0 Å². The van der Waals surface area contributed by atoms with Crippen LogP contribution in [0.2, 0.25) is 0 Å². The molecular formula is C19H24N8O. The molecule has 2 saturated heterocycles. The average molecular weight is 380 g/mol. The van der Waals surface area contributed by atoms with Gasteiger partial charge in [0.1, 0.15) is 18.5 Å². The zero-order valence-electron chi connectivity index (χ0n) is 16.0. The predicted molar refractivity (Wildman–Crippen MR) is 105 cm³/mol. The van der Waals surface area contributed by atoms with Gasteiger partial charge in [0.2, 0.25) is 0 Å². The summed E-state index contributed by atoms with van der Waals surface area (Å²) in [6, 6.07) is 2.03. The highest BCUT2D eigenvalue weighted by Gasteiger charge is 2.23. The number of aryl methyl sites for hydroxylation is 1. The van der Waals surface area contributed by atoms with Crippen LogP contribution in [-0.2, 0) is 11.3 Å². The van der Waals surface area contributed by atoms with Gasteiger partial charge in [0.25, 0.3) is 0 Å². The maximum Gasteiger partial charge on any atom is 0.165 e. The Kier molecular flexibility index (Phi) is 4.52. The van der Waals surface area contributed by atoms with Crippen LogP contribution in [0.5, 0.6) is 0 Å². The van der Waals surface area contributed by atoms with Gasteiger partial charge in [-0.15, -0.1) is 0 Å². The number of hydrogen-bond donors (Lipinski definition) is 0. The van der Waals surface area contributed by atoms with Gasteiger partial charge < -0.3 is 19.1 Å². The lowest BCUT2D eigenvalue weighted by molar-refractivity contribution is 0.0978. The normalized spacial score (nSPS) is 20.2. The molecular weight excluding hydrogens is 356 g/mol. The Bertz CT molecular complexity index is 959. The molecule has 3 aromatic rings. The first-order valence-corrected chi connectivity index (χ1v) is 9.84. The number of ether oxygens (including phenoxy) is 1. The molecule has 0 radical (unpaired) electrons. The van der Waals surface area contributed by atoms with Crippen molar-refractivity contribution in [1.82, 2.24) is 29.5 Å². The second-order valence-corrected chi connectivity index (χ2v) is 7.39. The van der Waals surface area contributed by atoms with Crippen molar-refractivity contribution in [3.8, 4) is 0 Å². The van der Waals surface area contributed by atoms with Gasteiger partial charge in [-0.1, -0.05) is 0 Å². The number of hydrogen-bond acceptors (Lipinski definition) is 8. The summed E-state index contributed by atoms with van der Waals surface area (Å²) in [5.74, 6) is 1.90. The van der Waals surface area contributed by atoms with E-state index in [1.54, 1.807) is 12.7 Å². The molecule has 5 rings (SSSR count). The van der Waals surface area contributed by atoms with Crippen molar-refractivity contribution in [3.63, 3.8) is 0 Å². The SMILES string of the molecule is Cc1cc(N2CCN(c3ncnc4c3ncn4CC3CCCO3)CC2)ncn1. The molecule has 1 atom stereocenters. The molecule has 28 heavy (non-hydrogen) atoms. The van der Waals surface area contributed by atoms with Crippen molar-refractivity contribution < 1.29 is 4.74 Å². The van der Waals surface area contributed by atoms with E-state index in [0.29, 0.717) is 0 Å². The minimum absolute atomic E-state index is 0.260. The van der Waals surface area contributed by atoms with Gasteiger partial charge in [0.05, 0.1) is 19.0 Å². The second kappa shape index (κ2) is 7.31. The van der Waals surface area contributed by atoms with E-state index in [-0.39, 0.29) is 6.10 Å². The van der Waals surface area contributed by atoms with E-state index in [9.17, 15) is 0 Å². The van der Waals surface area contributed by atoms with E-state index < -0.39 is 0 Å². The molecule has 2 aliphatic rings. The number of imidazole rings is 1. The lowest BCUT2D eigenvalue weighted by Crippen LogP contribution is -2.47. The van der Waals surface area contributed by atoms with Crippen LogP contribution in [0.25, 0.3) is 11.2 Å². The van der Waals surface area contributed by atoms with E-state index in [1.165, 1.54) is 0 Å². The minimum atomic E-state index is 0.260. The van der Waals surface area contributed by atoms with Gasteiger partial charge in [0.15, 0.2) is 17.0 Å². The predicted octanol–water partition coefficient (Wildman–Crippen LogP) is 1.43. The fourth-order valence-corrected chi connectivity index (χ4v) is 4.00. The van der Waals surface area contributed by atoms with Gasteiger partial charge >= 0.3 is 0 Å². The number of anilines is 2. The Balaban J connectivity index is 1.33. The average Bonchev–Trinajstić information content (AvgIpc) is 3.39. The highest BCUT2D eigenvalue weighted by atomic mass is 16.5. The zero-order valence-corrected chi connectivity index (χ0v) is 16.0. The molecule has 2 fully saturated rings. The number of fused-ring (bicyclic) bond motifs is 1. The summed E-state index contributed by atoms with van der Waals surface area (Å²) < 4.78 is 7.86. The molecule has 0 aliphatic carbocycles. The first kappa shape index (κ1) is 17.3. The maximum atomic E-state index is 5.77. The largest absolute Gasteiger partial charge is 0.376 e. The van der Waals surface area contributed by atoms with Crippen molar-refractivity contribution >= 4 is 22.8 Å². The van der Waals surface area contributed by atoms with Gasteiger partial charge in [-0.3, -0.25) is 0 Å². The minimum Gasteiger partial charge on any atom is -0.376 e. The standard InChI is InChI=1S/C19H24N8O/c1-14-9-16(21-11-20-14)25-4-6-26(7-5-25)18-17-19(23-12-22-18)27(13-24-17)10-15-3-2-8-28-15/h9,11-13,15H,2-8,10H2,1H3. The van der Waals surface area contributed by atoms with Crippen LogP contribution in [0, 0.1) is 6.92 Å². The first-order valence-electron chi connectivity index (χ1n) is 9.84. The van der Waals surface area contributed by atoms with E-state index >= 15 is 0 Å². The Morgan fingerprint density at radius 3 is 2.61 bits per heavy atom. The zero-order chi connectivity index (χ0) is 18.9. The lowest BCUT2D eigenvalue weighted by atomic mass is 10.2. The summed E-state index contributed by atoms with van der Waals surface area (Å²) in [5.41, 5.74) is 2.74. The van der Waals surface area contributed by atoms with Crippen LogP contribution < -0.4 is 9.80 Å². The highest BCUT2D eigenvalue weighted by molar-refractivity contribution is 5.83. The summed E-state index contributed by atoms with van der Waals surface area (Å²) in [5, 5.41) is 0. The molecule has 9 nitrogen and oxygen atoms in total. The molecule has 0 aromatic carbocycles. The van der Waals surface area contributed by atoms with E-state index in [0.717, 1.165) is 80.7 Å². The molecule has 1 unspecified atom stereocenters. The van der Waals surface area contributed by atoms with Crippen molar-refractivity contribution in [3.05, 3.63) is 30.7 Å². The third kappa shape index (κ3) is 3.26. The molecule has 2 aliphatic heterocycles. The number of aromatic nitrogens is 6. The quantitative estimate of drug-likeness (QED) is 0.672. The monoisotopic (exact) mass is 380 g/mol. The second-order valence-electron chi connectivity index (χ2n) is 7.39. The maximum absolute atomic E-state index is 5.77. The summed E-state index contributed by atoms with van der Waals surface area (Å²) >= 11 is 0. The van der Waals surface area contributed by atoms with E-state index in [4.69, 9.17) is 4.74 Å². The number of rotatable bonds is 4. The first-order chi connectivity index (χ1) is 13.8. The summed E-state index contributed by atoms with van der Waals surface area (Å²) in [4.78, 5) is 26.8. The summed E-state index contributed by atoms with van der Waals surface area (Å²) in [6.45, 7) is 7.16. The Labute approximate surface area is 163 Å². The molecule has 146 valence electrons. The smallest absolute Gasteiger partial charge is 0.165 e. The third-order valence-corrected chi connectivity index (χ3v) is 5.50. The fourth-order valence-electron chi connectivity index (χ4n) is 4.00. The Morgan fingerprint density at radius 2 is 1.82 bits per heavy atom. The van der Waals surface area contributed by atoms with Crippen LogP contribution in [0.15, 0.2) is 25.0 Å². The fraction of sp³-hybridized carbons (Fsp3) is 0.526. The van der Waals surface area contributed by atoms with E-state index in [2.05, 4.69) is 39.3 Å². The highest BCUT2D eigenvalue weighted by Crippen LogP contribution is 2.25.